The summed E-state index contributed by atoms with van der Waals surface area (Å²) in [7, 11) is 2.18. The van der Waals surface area contributed by atoms with Crippen LogP contribution in [0, 0.1) is 6.92 Å². The number of rotatable bonds is 4. The Morgan fingerprint density at radius 1 is 1.09 bits per heavy atom. The molecule has 6 heterocycles. The number of nitrogens with zero attached hydrogens (tertiary/aromatic N) is 4. The van der Waals surface area contributed by atoms with Crippen molar-refractivity contribution in [2.45, 2.75) is 38.8 Å². The molecule has 4 aromatic rings. The van der Waals surface area contributed by atoms with E-state index >= 15 is 0 Å². The molecule has 7 heteroatoms. The quantitative estimate of drug-likeness (QED) is 0.427. The van der Waals surface area contributed by atoms with Gasteiger partial charge in [0, 0.05) is 60.3 Å². The van der Waals surface area contributed by atoms with E-state index in [0.717, 1.165) is 23.5 Å². The van der Waals surface area contributed by atoms with Gasteiger partial charge in [0.15, 0.2) is 0 Å². The van der Waals surface area contributed by atoms with Gasteiger partial charge in [-0.05, 0) is 62.7 Å². The number of hydrogen-bond donors (Lipinski definition) is 0. The van der Waals surface area contributed by atoms with Crippen molar-refractivity contribution in [2.24, 2.45) is 7.05 Å². The third kappa shape index (κ3) is 3.91. The van der Waals surface area contributed by atoms with Gasteiger partial charge in [0.2, 0.25) is 0 Å². The van der Waals surface area contributed by atoms with Crippen molar-refractivity contribution < 1.29 is 4.74 Å². The topological polar surface area (TPSA) is 52.3 Å². The van der Waals surface area contributed by atoms with Crippen LogP contribution in [0.15, 0.2) is 59.7 Å². The second kappa shape index (κ2) is 8.93. The molecule has 2 bridgehead atoms. The van der Waals surface area contributed by atoms with E-state index < -0.39 is 0 Å². The van der Waals surface area contributed by atoms with Crippen LogP contribution < -0.4 is 10.3 Å². The van der Waals surface area contributed by atoms with Crippen molar-refractivity contribution in [3.63, 3.8) is 0 Å². The van der Waals surface area contributed by atoms with Crippen LogP contribution in [-0.4, -0.2) is 32.1 Å². The lowest BCUT2D eigenvalue weighted by atomic mass is 9.94. The van der Waals surface area contributed by atoms with Crippen LogP contribution >= 0.6 is 12.4 Å². The molecule has 0 saturated carbocycles. The lowest BCUT2D eigenvalue weighted by Crippen LogP contribution is -2.29. The highest BCUT2D eigenvalue weighted by Crippen LogP contribution is 2.40. The number of benzene rings is 1. The number of aromatic nitrogens is 3. The van der Waals surface area contributed by atoms with Gasteiger partial charge in [-0.1, -0.05) is 12.1 Å². The largest absolute Gasteiger partial charge is 0.489 e. The number of halogens is 1. The molecule has 176 valence electrons. The van der Waals surface area contributed by atoms with Gasteiger partial charge in [0.25, 0.3) is 5.56 Å². The Bertz CT molecular complexity index is 1400. The number of aryl methyl sites for hydroxylation is 2. The zero-order valence-corrected chi connectivity index (χ0v) is 20.3. The average molecular weight is 477 g/mol. The van der Waals surface area contributed by atoms with E-state index in [2.05, 4.69) is 39.7 Å². The number of piperidine rings is 1. The van der Waals surface area contributed by atoms with Gasteiger partial charge in [-0.15, -0.1) is 12.4 Å². The first-order chi connectivity index (χ1) is 16.1. The van der Waals surface area contributed by atoms with E-state index in [1.165, 1.54) is 48.1 Å². The van der Waals surface area contributed by atoms with E-state index in [0.29, 0.717) is 18.3 Å². The summed E-state index contributed by atoms with van der Waals surface area (Å²) < 4.78 is 9.88. The molecule has 3 aliphatic rings. The number of ether oxygens (including phenoxy) is 1. The fraction of sp³-hybridized carbons (Fsp3) is 0.333. The second-order valence-corrected chi connectivity index (χ2v) is 9.34. The molecule has 1 saturated heterocycles. The molecule has 0 spiro atoms. The first-order valence-electron chi connectivity index (χ1n) is 11.7. The Hall–Kier alpha value is -3.09. The lowest BCUT2D eigenvalue weighted by Gasteiger charge is -2.27. The van der Waals surface area contributed by atoms with Gasteiger partial charge >= 0.3 is 0 Å². The number of fused-ring (bicyclic) bond motifs is 3. The molecule has 6 nitrogen and oxygen atoms in total. The Balaban J connectivity index is 0.00000241. The van der Waals surface area contributed by atoms with E-state index in [4.69, 9.17) is 4.74 Å². The molecule has 3 aromatic heterocycles. The van der Waals surface area contributed by atoms with Gasteiger partial charge in [-0.2, -0.15) is 0 Å². The molecule has 1 aromatic carbocycles. The number of hydrogen-bond acceptors (Lipinski definition) is 4. The monoisotopic (exact) mass is 476 g/mol. The fourth-order valence-corrected chi connectivity index (χ4v) is 5.46. The second-order valence-electron chi connectivity index (χ2n) is 9.34. The maximum Gasteiger partial charge on any atom is 0.258 e. The third-order valence-corrected chi connectivity index (χ3v) is 7.24. The SMILES string of the molecule is Cc1ccc(COc2ccn(-c3ccc4c5c(n(C)c4c3)C3CCN(CC3)C5)c(=O)c2)cn1.Cl. The fourth-order valence-electron chi connectivity index (χ4n) is 5.46. The molecule has 0 radical (unpaired) electrons. The minimum atomic E-state index is -0.102. The summed E-state index contributed by atoms with van der Waals surface area (Å²) in [6, 6.07) is 13.7. The van der Waals surface area contributed by atoms with Gasteiger partial charge in [0.05, 0.1) is 11.2 Å². The predicted molar refractivity (Wildman–Crippen MR) is 136 cm³/mol. The zero-order valence-electron chi connectivity index (χ0n) is 19.5. The average Bonchev–Trinajstić information content (AvgIpc) is 2.97. The highest BCUT2D eigenvalue weighted by atomic mass is 35.5. The van der Waals surface area contributed by atoms with E-state index in [-0.39, 0.29) is 18.0 Å². The first kappa shape index (κ1) is 22.7. The normalized spacial score (nSPS) is 18.9. The summed E-state index contributed by atoms with van der Waals surface area (Å²) in [5.41, 5.74) is 6.88. The molecule has 0 unspecified atom stereocenters. The van der Waals surface area contributed by atoms with Crippen LogP contribution in [0.4, 0.5) is 0 Å². The van der Waals surface area contributed by atoms with Crippen molar-refractivity contribution in [2.75, 3.05) is 13.1 Å². The van der Waals surface area contributed by atoms with Gasteiger partial charge in [-0.25, -0.2) is 0 Å². The van der Waals surface area contributed by atoms with Crippen molar-refractivity contribution >= 4 is 23.3 Å². The molecule has 0 atom stereocenters. The summed E-state index contributed by atoms with van der Waals surface area (Å²) >= 11 is 0. The van der Waals surface area contributed by atoms with E-state index in [9.17, 15) is 4.79 Å². The molecule has 0 amide bonds. The van der Waals surface area contributed by atoms with Gasteiger partial charge < -0.3 is 9.30 Å². The van der Waals surface area contributed by atoms with Crippen molar-refractivity contribution in [1.29, 1.82) is 0 Å². The molecule has 0 aliphatic carbocycles. The van der Waals surface area contributed by atoms with Crippen LogP contribution in [0.2, 0.25) is 0 Å². The highest BCUT2D eigenvalue weighted by Gasteiger charge is 2.31. The van der Waals surface area contributed by atoms with Crippen LogP contribution in [-0.2, 0) is 20.2 Å². The van der Waals surface area contributed by atoms with Gasteiger partial charge in [0.1, 0.15) is 12.4 Å². The van der Waals surface area contributed by atoms with E-state index in [1.807, 2.05) is 25.1 Å². The Morgan fingerprint density at radius 2 is 1.91 bits per heavy atom. The first-order valence-corrected chi connectivity index (χ1v) is 11.7. The van der Waals surface area contributed by atoms with Gasteiger partial charge in [-0.3, -0.25) is 19.2 Å². The maximum atomic E-state index is 12.9. The lowest BCUT2D eigenvalue weighted by molar-refractivity contribution is 0.220. The van der Waals surface area contributed by atoms with Crippen molar-refractivity contribution in [3.05, 3.63) is 87.7 Å². The van der Waals surface area contributed by atoms with Crippen LogP contribution in [0.3, 0.4) is 0 Å². The van der Waals surface area contributed by atoms with E-state index in [1.54, 1.807) is 23.0 Å². The van der Waals surface area contributed by atoms with Crippen molar-refractivity contribution in [3.8, 4) is 11.4 Å². The Kier molecular flexibility index (Phi) is 5.96. The minimum absolute atomic E-state index is 0. The molecule has 3 aliphatic heterocycles. The minimum Gasteiger partial charge on any atom is -0.489 e. The molecule has 7 rings (SSSR count). The molecular formula is C27H29ClN4O2. The molecule has 34 heavy (non-hydrogen) atoms. The Labute approximate surface area is 205 Å². The summed E-state index contributed by atoms with van der Waals surface area (Å²) in [5, 5.41) is 1.31. The third-order valence-electron chi connectivity index (χ3n) is 7.24. The zero-order chi connectivity index (χ0) is 22.5. The van der Waals surface area contributed by atoms with Crippen LogP contribution in [0.1, 0.15) is 41.3 Å². The molecular weight excluding hydrogens is 448 g/mol. The predicted octanol–water partition coefficient (Wildman–Crippen LogP) is 4.73. The van der Waals surface area contributed by atoms with Crippen LogP contribution in [0.25, 0.3) is 16.6 Å². The number of pyridine rings is 2. The Morgan fingerprint density at radius 3 is 2.65 bits per heavy atom. The molecule has 1 fully saturated rings. The summed E-state index contributed by atoms with van der Waals surface area (Å²) in [6.45, 7) is 5.77. The maximum absolute atomic E-state index is 12.9. The summed E-state index contributed by atoms with van der Waals surface area (Å²) in [4.78, 5) is 19.8. The summed E-state index contributed by atoms with van der Waals surface area (Å²) in [5.74, 6) is 1.20. The standard InChI is InChI=1S/C27H28N4O2.ClH/c1-18-3-4-19(15-28-18)17-33-22-9-12-31(26(32)14-22)21-5-6-23-24-16-30-10-7-20(8-11-30)27(24)29(2)25(23)13-21;/h3-6,9,12-15,20H,7-8,10-11,16-17H2,1-2H3;1H. The van der Waals surface area contributed by atoms with Crippen LogP contribution in [0.5, 0.6) is 5.75 Å². The highest BCUT2D eigenvalue weighted by molar-refractivity contribution is 5.87. The smallest absolute Gasteiger partial charge is 0.258 e. The molecule has 0 N–H and O–H groups in total. The van der Waals surface area contributed by atoms with Crippen molar-refractivity contribution in [1.82, 2.24) is 19.0 Å². The summed E-state index contributed by atoms with van der Waals surface area (Å²) in [6.07, 6.45) is 6.08.